The van der Waals surface area contributed by atoms with Gasteiger partial charge in [-0.3, -0.25) is 4.79 Å². The molecule has 1 fully saturated rings. The molecule has 0 spiro atoms. The van der Waals surface area contributed by atoms with Crippen LogP contribution in [0.4, 0.5) is 0 Å². The molecule has 19 heavy (non-hydrogen) atoms. The molecule has 3 nitrogen and oxygen atoms in total. The zero-order valence-corrected chi connectivity index (χ0v) is 11.6. The summed E-state index contributed by atoms with van der Waals surface area (Å²) in [7, 11) is 0. The van der Waals surface area contributed by atoms with Crippen molar-refractivity contribution in [2.24, 2.45) is 0 Å². The van der Waals surface area contributed by atoms with Gasteiger partial charge in [-0.25, -0.2) is 0 Å². The number of hydrogen-bond acceptors (Lipinski definition) is 3. The smallest absolute Gasteiger partial charge is 0.252 e. The minimum Gasteiger partial charge on any atom is -0.350 e. The first-order valence-corrected chi connectivity index (χ1v) is 7.70. The average molecular weight is 274 g/mol. The van der Waals surface area contributed by atoms with Crippen molar-refractivity contribution < 1.29 is 4.79 Å². The number of hydrogen-bond donors (Lipinski definition) is 2. The summed E-state index contributed by atoms with van der Waals surface area (Å²) in [5.74, 6) is 0.0461. The largest absolute Gasteiger partial charge is 0.350 e. The van der Waals surface area contributed by atoms with Crippen molar-refractivity contribution in [2.45, 2.75) is 25.3 Å². The quantitative estimate of drug-likeness (QED) is 0.903. The van der Waals surface area contributed by atoms with E-state index in [0.29, 0.717) is 6.04 Å². The highest BCUT2D eigenvalue weighted by molar-refractivity contribution is 7.17. The summed E-state index contributed by atoms with van der Waals surface area (Å²) >= 11 is 1.63. The number of carbonyl (C=O) groups is 1. The lowest BCUT2D eigenvalue weighted by molar-refractivity contribution is 0.0950. The highest BCUT2D eigenvalue weighted by atomic mass is 32.1. The van der Waals surface area contributed by atoms with Crippen molar-refractivity contribution in [3.8, 4) is 0 Å². The summed E-state index contributed by atoms with van der Waals surface area (Å²) in [4.78, 5) is 12.2. The zero-order valence-electron chi connectivity index (χ0n) is 10.8. The van der Waals surface area contributed by atoms with Crippen LogP contribution in [0.15, 0.2) is 29.6 Å². The third-order valence-electron chi connectivity index (χ3n) is 3.65. The van der Waals surface area contributed by atoms with Crippen LogP contribution >= 0.6 is 11.3 Å². The van der Waals surface area contributed by atoms with Crippen molar-refractivity contribution >= 4 is 27.3 Å². The first-order chi connectivity index (χ1) is 9.34. The van der Waals surface area contributed by atoms with Gasteiger partial charge in [0.05, 0.1) is 5.56 Å². The Labute approximate surface area is 117 Å². The topological polar surface area (TPSA) is 41.1 Å². The van der Waals surface area contributed by atoms with E-state index in [0.717, 1.165) is 30.5 Å². The van der Waals surface area contributed by atoms with E-state index in [1.54, 1.807) is 11.3 Å². The van der Waals surface area contributed by atoms with Gasteiger partial charge in [-0.1, -0.05) is 24.6 Å². The molecule has 1 atom stereocenters. The number of amides is 1. The summed E-state index contributed by atoms with van der Waals surface area (Å²) in [5.41, 5.74) is 0.802. The molecule has 2 heterocycles. The zero-order chi connectivity index (χ0) is 13.1. The molecule has 2 N–H and O–H groups in total. The molecule has 3 rings (SSSR count). The summed E-state index contributed by atoms with van der Waals surface area (Å²) < 4.78 is 1.17. The maximum atomic E-state index is 12.2. The molecule has 1 amide bonds. The van der Waals surface area contributed by atoms with E-state index in [1.165, 1.54) is 17.5 Å². The van der Waals surface area contributed by atoms with Gasteiger partial charge in [0.15, 0.2) is 0 Å². The van der Waals surface area contributed by atoms with Crippen LogP contribution in [0.1, 0.15) is 29.6 Å². The third kappa shape index (κ3) is 2.80. The summed E-state index contributed by atoms with van der Waals surface area (Å²) in [6, 6.07) is 8.49. The molecular formula is C15H18N2OS. The molecule has 1 aromatic carbocycles. The van der Waals surface area contributed by atoms with Gasteiger partial charge in [-0.2, -0.15) is 0 Å². The lowest BCUT2D eigenvalue weighted by Gasteiger charge is -2.23. The number of benzene rings is 1. The van der Waals surface area contributed by atoms with E-state index < -0.39 is 0 Å². The molecule has 1 aliphatic heterocycles. The van der Waals surface area contributed by atoms with Crippen LogP contribution in [-0.4, -0.2) is 25.0 Å². The second-order valence-corrected chi connectivity index (χ2v) is 5.91. The fraction of sp³-hybridized carbons (Fsp3) is 0.400. The van der Waals surface area contributed by atoms with E-state index >= 15 is 0 Å². The third-order valence-corrected chi connectivity index (χ3v) is 4.61. The van der Waals surface area contributed by atoms with Gasteiger partial charge >= 0.3 is 0 Å². The fourth-order valence-corrected chi connectivity index (χ4v) is 3.50. The lowest BCUT2D eigenvalue weighted by atomic mass is 10.0. The van der Waals surface area contributed by atoms with Gasteiger partial charge < -0.3 is 10.6 Å². The Kier molecular flexibility index (Phi) is 3.80. The van der Waals surface area contributed by atoms with E-state index in [1.807, 2.05) is 23.6 Å². The van der Waals surface area contributed by atoms with E-state index in [9.17, 15) is 4.79 Å². The Bertz CT molecular complexity index is 572. The molecule has 0 bridgehead atoms. The Balaban J connectivity index is 1.66. The van der Waals surface area contributed by atoms with Crippen LogP contribution in [0.3, 0.4) is 0 Å². The molecule has 0 saturated carbocycles. The fourth-order valence-electron chi connectivity index (χ4n) is 2.56. The van der Waals surface area contributed by atoms with Crippen molar-refractivity contribution in [3.63, 3.8) is 0 Å². The molecule has 4 heteroatoms. The van der Waals surface area contributed by atoms with E-state index in [2.05, 4.69) is 16.7 Å². The Morgan fingerprint density at radius 3 is 3.11 bits per heavy atom. The van der Waals surface area contributed by atoms with Gasteiger partial charge in [0, 0.05) is 28.1 Å². The monoisotopic (exact) mass is 274 g/mol. The van der Waals surface area contributed by atoms with Crippen LogP contribution in [0.5, 0.6) is 0 Å². The van der Waals surface area contributed by atoms with Crippen LogP contribution in [0.2, 0.25) is 0 Å². The maximum Gasteiger partial charge on any atom is 0.252 e. The molecule has 1 saturated heterocycles. The van der Waals surface area contributed by atoms with E-state index in [-0.39, 0.29) is 5.91 Å². The van der Waals surface area contributed by atoms with E-state index in [4.69, 9.17) is 0 Å². The second-order valence-electron chi connectivity index (χ2n) is 5.00. The number of thiophene rings is 1. The van der Waals surface area contributed by atoms with Crippen LogP contribution in [0, 0.1) is 0 Å². The SMILES string of the molecule is O=C(NCC1CCCCN1)c1csc2ccccc12. The van der Waals surface area contributed by atoms with Crippen molar-refractivity contribution in [2.75, 3.05) is 13.1 Å². The lowest BCUT2D eigenvalue weighted by Crippen LogP contribution is -2.43. The number of nitrogens with one attached hydrogen (secondary N) is 2. The molecular weight excluding hydrogens is 256 g/mol. The predicted molar refractivity (Wildman–Crippen MR) is 79.8 cm³/mol. The first kappa shape index (κ1) is 12.6. The molecule has 2 aromatic rings. The summed E-state index contributed by atoms with van der Waals surface area (Å²) in [6.07, 6.45) is 3.67. The number of piperidine rings is 1. The van der Waals surface area contributed by atoms with Crippen LogP contribution in [-0.2, 0) is 0 Å². The molecule has 0 aliphatic carbocycles. The highest BCUT2D eigenvalue weighted by Gasteiger charge is 2.15. The van der Waals surface area contributed by atoms with Gasteiger partial charge in [-0.05, 0) is 25.5 Å². The van der Waals surface area contributed by atoms with Crippen molar-refractivity contribution in [1.29, 1.82) is 0 Å². The standard InChI is InChI=1S/C15H18N2OS/c18-15(17-9-11-5-3-4-8-16-11)13-10-19-14-7-2-1-6-12(13)14/h1-2,6-7,10-11,16H,3-5,8-9H2,(H,17,18). The summed E-state index contributed by atoms with van der Waals surface area (Å²) in [5, 5.41) is 9.51. The average Bonchev–Trinajstić information content (AvgIpc) is 2.90. The molecule has 1 unspecified atom stereocenters. The van der Waals surface area contributed by atoms with Gasteiger partial charge in [-0.15, -0.1) is 11.3 Å². The molecule has 0 radical (unpaired) electrons. The van der Waals surface area contributed by atoms with Crippen molar-refractivity contribution in [3.05, 3.63) is 35.2 Å². The maximum absolute atomic E-state index is 12.2. The normalized spacial score (nSPS) is 19.5. The number of carbonyl (C=O) groups excluding carboxylic acids is 1. The van der Waals surface area contributed by atoms with Crippen LogP contribution in [0.25, 0.3) is 10.1 Å². The first-order valence-electron chi connectivity index (χ1n) is 6.82. The van der Waals surface area contributed by atoms with Gasteiger partial charge in [0.2, 0.25) is 0 Å². The number of rotatable bonds is 3. The predicted octanol–water partition coefficient (Wildman–Crippen LogP) is 2.77. The minimum atomic E-state index is 0.0461. The van der Waals surface area contributed by atoms with Gasteiger partial charge in [0.1, 0.15) is 0 Å². The van der Waals surface area contributed by atoms with Crippen LogP contribution < -0.4 is 10.6 Å². The minimum absolute atomic E-state index is 0.0461. The number of fused-ring (bicyclic) bond motifs is 1. The Morgan fingerprint density at radius 1 is 1.37 bits per heavy atom. The highest BCUT2D eigenvalue weighted by Crippen LogP contribution is 2.25. The molecule has 100 valence electrons. The molecule has 1 aromatic heterocycles. The Morgan fingerprint density at radius 2 is 2.26 bits per heavy atom. The van der Waals surface area contributed by atoms with Gasteiger partial charge in [0.25, 0.3) is 5.91 Å². The van der Waals surface area contributed by atoms with Crippen molar-refractivity contribution in [1.82, 2.24) is 10.6 Å². The molecule has 1 aliphatic rings. The Hall–Kier alpha value is -1.39. The second kappa shape index (κ2) is 5.72. The summed E-state index contributed by atoms with van der Waals surface area (Å²) in [6.45, 7) is 1.80.